The molecule has 1 amide bonds. The van der Waals surface area contributed by atoms with Crippen LogP contribution in [0, 0.1) is 5.82 Å². The Morgan fingerprint density at radius 2 is 1.59 bits per heavy atom. The van der Waals surface area contributed by atoms with Gasteiger partial charge in [-0.25, -0.2) is 14.2 Å². The highest BCUT2D eigenvalue weighted by atomic mass is 28.3. The van der Waals surface area contributed by atoms with Crippen molar-refractivity contribution >= 4 is 39.5 Å². The second-order valence-corrected chi connectivity index (χ2v) is 30.3. The average molecular weight is 845 g/mol. The van der Waals surface area contributed by atoms with Gasteiger partial charge in [-0.05, 0) is 85.4 Å². The summed E-state index contributed by atoms with van der Waals surface area (Å²) in [5.41, 5.74) is 0.648. The summed E-state index contributed by atoms with van der Waals surface area (Å²) in [6.45, 7) is 35.5. The van der Waals surface area contributed by atoms with Crippen LogP contribution in [0.4, 0.5) is 15.0 Å². The second kappa shape index (κ2) is 20.7. The van der Waals surface area contributed by atoms with Gasteiger partial charge in [0.25, 0.3) is 0 Å². The number of carbonyl (C=O) groups is 1. The van der Waals surface area contributed by atoms with Crippen molar-refractivity contribution in [3.63, 3.8) is 0 Å². The van der Waals surface area contributed by atoms with Gasteiger partial charge in [-0.3, -0.25) is 4.98 Å². The number of aliphatic hydroxyl groups is 1. The average Bonchev–Trinajstić information content (AvgIpc) is 3.51. The topological polar surface area (TPSA) is 124 Å². The van der Waals surface area contributed by atoms with Crippen LogP contribution in [0.15, 0.2) is 25.0 Å². The molecule has 0 aliphatic rings. The molecule has 3 heterocycles. The van der Waals surface area contributed by atoms with Crippen LogP contribution in [0.5, 0.6) is 0 Å². The van der Waals surface area contributed by atoms with Crippen molar-refractivity contribution < 1.29 is 33.2 Å². The minimum Gasteiger partial charge on any atom is -0.494 e. The zero-order valence-corrected chi connectivity index (χ0v) is 40.1. The SMILES string of the molecule is C=C(OCC)c1c(CC[C@@H](CC)N(CCC)C(=O)OC(C)(C)C)nc2c(-c3cnc(C(C)(C)O)c(F)c3)cnn2c1N(COCC[Si](C)(C)C)COCC[Si](C)(C)C. The molecule has 1 atom stereocenters. The van der Waals surface area contributed by atoms with Crippen molar-refractivity contribution in [2.75, 3.05) is 44.7 Å². The molecule has 0 unspecified atom stereocenters. The van der Waals surface area contributed by atoms with E-state index in [-0.39, 0.29) is 31.3 Å². The van der Waals surface area contributed by atoms with Gasteiger partial charge in [-0.2, -0.15) is 9.61 Å². The molecule has 326 valence electrons. The third-order valence-corrected chi connectivity index (χ3v) is 12.9. The van der Waals surface area contributed by atoms with E-state index in [2.05, 4.69) is 64.7 Å². The number of anilines is 1. The molecule has 0 saturated heterocycles. The molecular formula is C43H73FN6O6Si2. The summed E-state index contributed by atoms with van der Waals surface area (Å²) < 4.78 is 42.2. The lowest BCUT2D eigenvalue weighted by Gasteiger charge is -2.33. The number of rotatable bonds is 23. The highest BCUT2D eigenvalue weighted by molar-refractivity contribution is 6.76. The van der Waals surface area contributed by atoms with Crippen LogP contribution >= 0.6 is 0 Å². The van der Waals surface area contributed by atoms with Gasteiger partial charge in [0.05, 0.1) is 24.1 Å². The number of ether oxygens (including phenoxy) is 4. The van der Waals surface area contributed by atoms with Gasteiger partial charge in [0, 0.05) is 59.3 Å². The quantitative estimate of drug-likeness (QED) is 0.0427. The number of hydrogen-bond donors (Lipinski definition) is 1. The highest BCUT2D eigenvalue weighted by Crippen LogP contribution is 2.36. The van der Waals surface area contributed by atoms with E-state index in [1.165, 1.54) is 26.1 Å². The number of nitrogens with zero attached hydrogens (tertiary/aromatic N) is 6. The summed E-state index contributed by atoms with van der Waals surface area (Å²) in [5.74, 6) is 0.405. The van der Waals surface area contributed by atoms with Crippen LogP contribution in [-0.4, -0.2) is 103 Å². The number of aromatic nitrogens is 4. The number of amides is 1. The maximum atomic E-state index is 15.6. The van der Waals surface area contributed by atoms with E-state index in [9.17, 15) is 9.90 Å². The molecule has 58 heavy (non-hydrogen) atoms. The zero-order valence-electron chi connectivity index (χ0n) is 38.1. The minimum atomic E-state index is -1.47. The lowest BCUT2D eigenvalue weighted by Crippen LogP contribution is -2.44. The molecule has 0 aliphatic carbocycles. The van der Waals surface area contributed by atoms with Crippen LogP contribution in [0.25, 0.3) is 22.5 Å². The molecule has 0 fully saturated rings. The Kier molecular flexibility index (Phi) is 17.5. The minimum absolute atomic E-state index is 0.0540. The first-order chi connectivity index (χ1) is 26.9. The van der Waals surface area contributed by atoms with Gasteiger partial charge in [0.2, 0.25) is 0 Å². The van der Waals surface area contributed by atoms with Crippen LogP contribution in [0.2, 0.25) is 51.4 Å². The van der Waals surface area contributed by atoms with E-state index in [1.54, 1.807) is 10.7 Å². The van der Waals surface area contributed by atoms with Crippen molar-refractivity contribution in [2.24, 2.45) is 0 Å². The number of pyridine rings is 1. The smallest absolute Gasteiger partial charge is 0.410 e. The van der Waals surface area contributed by atoms with E-state index in [4.69, 9.17) is 29.0 Å². The van der Waals surface area contributed by atoms with Gasteiger partial charge in [0.15, 0.2) is 5.65 Å². The normalized spacial score (nSPS) is 13.2. The number of aryl methyl sites for hydroxylation is 1. The van der Waals surface area contributed by atoms with Gasteiger partial charge in [-0.15, -0.1) is 0 Å². The molecule has 3 aromatic rings. The fraction of sp³-hybridized carbons (Fsp3) is 0.674. The fourth-order valence-electron chi connectivity index (χ4n) is 6.40. The molecule has 0 spiro atoms. The van der Waals surface area contributed by atoms with Crippen LogP contribution in [-0.2, 0) is 31.0 Å². The van der Waals surface area contributed by atoms with Crippen molar-refractivity contribution in [3.05, 3.63) is 47.8 Å². The van der Waals surface area contributed by atoms with Crippen LogP contribution < -0.4 is 4.90 Å². The van der Waals surface area contributed by atoms with Gasteiger partial charge < -0.3 is 33.9 Å². The Hall–Kier alpha value is -3.38. The van der Waals surface area contributed by atoms with Gasteiger partial charge >= 0.3 is 6.09 Å². The Balaban J connectivity index is 2.32. The summed E-state index contributed by atoms with van der Waals surface area (Å²) in [6, 6.07) is 3.19. The number of halogens is 1. The predicted molar refractivity (Wildman–Crippen MR) is 238 cm³/mol. The number of fused-ring (bicyclic) bond motifs is 1. The molecule has 12 nitrogen and oxygen atoms in total. The lowest BCUT2D eigenvalue weighted by atomic mass is 10.0. The van der Waals surface area contributed by atoms with Crippen molar-refractivity contribution in [1.82, 2.24) is 24.5 Å². The highest BCUT2D eigenvalue weighted by Gasteiger charge is 2.31. The summed E-state index contributed by atoms with van der Waals surface area (Å²) in [5, 5.41) is 15.4. The summed E-state index contributed by atoms with van der Waals surface area (Å²) in [4.78, 5) is 27.0. The van der Waals surface area contributed by atoms with E-state index in [0.29, 0.717) is 85.2 Å². The third-order valence-electron chi connectivity index (χ3n) is 9.53. The first-order valence-electron chi connectivity index (χ1n) is 20.9. The molecule has 3 rings (SSSR count). The lowest BCUT2D eigenvalue weighted by molar-refractivity contribution is 0.0146. The first kappa shape index (κ1) is 49.0. The largest absolute Gasteiger partial charge is 0.494 e. The molecule has 1 N–H and O–H groups in total. The maximum absolute atomic E-state index is 15.6. The molecular weight excluding hydrogens is 772 g/mol. The Morgan fingerprint density at radius 1 is 0.983 bits per heavy atom. The summed E-state index contributed by atoms with van der Waals surface area (Å²) in [7, 11) is -2.78. The van der Waals surface area contributed by atoms with Gasteiger partial charge in [-0.1, -0.05) is 59.7 Å². The molecule has 0 bridgehead atoms. The molecule has 0 radical (unpaired) electrons. The van der Waals surface area contributed by atoms with E-state index < -0.39 is 33.2 Å². The maximum Gasteiger partial charge on any atom is 0.410 e. The summed E-state index contributed by atoms with van der Waals surface area (Å²) in [6.07, 6.45) is 5.34. The number of carbonyl (C=O) groups excluding carboxylic acids is 1. The molecule has 0 saturated carbocycles. The Bertz CT molecular complexity index is 1790. The molecule has 0 aromatic carbocycles. The Labute approximate surface area is 349 Å². The molecule has 15 heteroatoms. The standard InChI is InChI=1S/C43H73FN6O6Si2/c1-16-21-49(41(51)56-42(5,6)7)33(17-2)19-20-36-37(31(4)55-18-3)40(48(29-53-22-24-57(10,11)12)30-54-23-25-58(13,14)15)50-39(47-36)34(28-46-50)32-26-35(44)38(45-27-32)43(8,9)52/h26-28,33,52H,4,16-25,29-30H2,1-3,5-15H3/t33-/m1/s1. The number of hydrogen-bond acceptors (Lipinski definition) is 10. The van der Waals surface area contributed by atoms with Crippen LogP contribution in [0.1, 0.15) is 91.6 Å². The van der Waals surface area contributed by atoms with Crippen molar-refractivity contribution in [1.29, 1.82) is 0 Å². The van der Waals surface area contributed by atoms with Gasteiger partial charge in [0.1, 0.15) is 47.8 Å². The molecule has 0 aliphatic heterocycles. The van der Waals surface area contributed by atoms with E-state index in [0.717, 1.165) is 18.5 Å². The Morgan fingerprint density at radius 3 is 2.07 bits per heavy atom. The van der Waals surface area contributed by atoms with Crippen LogP contribution in [0.3, 0.4) is 0 Å². The van der Waals surface area contributed by atoms with E-state index in [1.807, 2.05) is 37.5 Å². The molecule has 3 aromatic heterocycles. The second-order valence-electron chi connectivity index (χ2n) is 19.0. The predicted octanol–water partition coefficient (Wildman–Crippen LogP) is 9.95. The summed E-state index contributed by atoms with van der Waals surface area (Å²) >= 11 is 0. The van der Waals surface area contributed by atoms with Crippen molar-refractivity contribution in [3.8, 4) is 11.1 Å². The monoisotopic (exact) mass is 845 g/mol. The first-order valence-corrected chi connectivity index (χ1v) is 28.3. The van der Waals surface area contributed by atoms with E-state index >= 15 is 4.39 Å². The van der Waals surface area contributed by atoms with Crippen molar-refractivity contribution in [2.45, 2.75) is 150 Å². The fourth-order valence-corrected chi connectivity index (χ4v) is 7.91. The third kappa shape index (κ3) is 14.4. The zero-order chi connectivity index (χ0) is 43.6.